The van der Waals surface area contributed by atoms with E-state index in [2.05, 4.69) is 5.32 Å². The van der Waals surface area contributed by atoms with Gasteiger partial charge in [-0.25, -0.2) is 4.79 Å². The zero-order valence-corrected chi connectivity index (χ0v) is 13.9. The number of nitrogens with zero attached hydrogens (tertiary/aromatic N) is 1. The van der Waals surface area contributed by atoms with Crippen LogP contribution in [0.25, 0.3) is 6.08 Å². The van der Waals surface area contributed by atoms with Crippen LogP contribution in [0.1, 0.15) is 26.6 Å². The summed E-state index contributed by atoms with van der Waals surface area (Å²) >= 11 is 1.26. The second kappa shape index (κ2) is 7.09. The highest BCUT2D eigenvalue weighted by molar-refractivity contribution is 7.16. The SMILES string of the molecule is COC(=O)c1c(NC(=O)C=Cc2ccc([N+](=O)[O-])o2)sc(C)c1C. The lowest BCUT2D eigenvalue weighted by Gasteiger charge is -2.03. The molecule has 0 bridgehead atoms. The van der Waals surface area contributed by atoms with E-state index in [1.807, 2.05) is 6.92 Å². The molecule has 0 atom stereocenters. The van der Waals surface area contributed by atoms with Crippen LogP contribution in [0.3, 0.4) is 0 Å². The molecule has 1 N–H and O–H groups in total. The van der Waals surface area contributed by atoms with Crippen LogP contribution in [0.2, 0.25) is 0 Å². The van der Waals surface area contributed by atoms with Crippen molar-refractivity contribution < 1.29 is 23.7 Å². The standard InChI is InChI=1S/C15H14N2O6S/c1-8-9(2)24-14(13(8)15(19)22-3)16-11(18)6-4-10-5-7-12(23-10)17(20)21/h4-7H,1-3H3,(H,16,18). The minimum Gasteiger partial charge on any atom is -0.465 e. The molecule has 8 nitrogen and oxygen atoms in total. The Balaban J connectivity index is 2.15. The summed E-state index contributed by atoms with van der Waals surface area (Å²) < 4.78 is 9.64. The van der Waals surface area contributed by atoms with E-state index in [9.17, 15) is 19.7 Å². The van der Waals surface area contributed by atoms with E-state index < -0.39 is 22.7 Å². The van der Waals surface area contributed by atoms with Crippen molar-refractivity contribution in [3.8, 4) is 0 Å². The van der Waals surface area contributed by atoms with E-state index in [0.717, 1.165) is 16.5 Å². The molecular formula is C15H14N2O6S. The molecule has 0 aliphatic carbocycles. The summed E-state index contributed by atoms with van der Waals surface area (Å²) in [6.45, 7) is 3.60. The third-order valence-corrected chi connectivity index (χ3v) is 4.33. The molecule has 2 rings (SSSR count). The van der Waals surface area contributed by atoms with Gasteiger partial charge >= 0.3 is 11.9 Å². The first-order chi connectivity index (χ1) is 11.3. The number of methoxy groups -OCH3 is 1. The van der Waals surface area contributed by atoms with Crippen molar-refractivity contribution in [2.75, 3.05) is 12.4 Å². The molecule has 2 aromatic rings. The number of furan rings is 1. The fourth-order valence-electron chi connectivity index (χ4n) is 1.90. The number of aryl methyl sites for hydroxylation is 1. The smallest absolute Gasteiger partial charge is 0.433 e. The third kappa shape index (κ3) is 3.69. The minimum absolute atomic E-state index is 0.170. The molecule has 0 saturated heterocycles. The van der Waals surface area contributed by atoms with Crippen LogP contribution in [0.4, 0.5) is 10.9 Å². The molecule has 0 aliphatic rings. The topological polar surface area (TPSA) is 112 Å². The Hall–Kier alpha value is -2.94. The van der Waals surface area contributed by atoms with Crippen LogP contribution in [-0.2, 0) is 9.53 Å². The van der Waals surface area contributed by atoms with Gasteiger partial charge in [-0.2, -0.15) is 0 Å². The molecule has 0 spiro atoms. The fraction of sp³-hybridized carbons (Fsp3) is 0.200. The quantitative estimate of drug-likeness (QED) is 0.383. The summed E-state index contributed by atoms with van der Waals surface area (Å²) in [4.78, 5) is 34.6. The number of rotatable bonds is 5. The number of thiophene rings is 1. The highest BCUT2D eigenvalue weighted by Gasteiger charge is 2.21. The van der Waals surface area contributed by atoms with Crippen LogP contribution >= 0.6 is 11.3 Å². The molecule has 2 aromatic heterocycles. The molecule has 1 amide bonds. The number of amides is 1. The highest BCUT2D eigenvalue weighted by Crippen LogP contribution is 2.33. The van der Waals surface area contributed by atoms with Crippen LogP contribution in [-0.4, -0.2) is 23.9 Å². The molecule has 0 unspecified atom stereocenters. The lowest BCUT2D eigenvalue weighted by Crippen LogP contribution is -2.11. The number of hydrogen-bond acceptors (Lipinski definition) is 7. The number of anilines is 1. The number of carbonyl (C=O) groups excluding carboxylic acids is 2. The lowest BCUT2D eigenvalue weighted by atomic mass is 10.1. The maximum absolute atomic E-state index is 12.0. The Morgan fingerprint density at radius 3 is 2.67 bits per heavy atom. The predicted molar refractivity (Wildman–Crippen MR) is 88.2 cm³/mol. The van der Waals surface area contributed by atoms with Crippen molar-refractivity contribution in [3.05, 3.63) is 50.1 Å². The van der Waals surface area contributed by atoms with Crippen molar-refractivity contribution in [1.82, 2.24) is 0 Å². The van der Waals surface area contributed by atoms with Crippen molar-refractivity contribution in [2.24, 2.45) is 0 Å². The normalized spacial score (nSPS) is 10.8. The first kappa shape index (κ1) is 17.4. The Labute approximate surface area is 140 Å². The van der Waals surface area contributed by atoms with Gasteiger partial charge in [0, 0.05) is 11.0 Å². The van der Waals surface area contributed by atoms with Gasteiger partial charge in [0.15, 0.2) is 0 Å². The molecule has 0 radical (unpaired) electrons. The maximum Gasteiger partial charge on any atom is 0.433 e. The lowest BCUT2D eigenvalue weighted by molar-refractivity contribution is -0.402. The molecule has 0 aromatic carbocycles. The highest BCUT2D eigenvalue weighted by atomic mass is 32.1. The van der Waals surface area contributed by atoms with E-state index in [4.69, 9.17) is 9.15 Å². The van der Waals surface area contributed by atoms with Crippen molar-refractivity contribution in [1.29, 1.82) is 0 Å². The molecular weight excluding hydrogens is 336 g/mol. The van der Waals surface area contributed by atoms with Gasteiger partial charge in [-0.05, 0) is 31.6 Å². The zero-order valence-electron chi connectivity index (χ0n) is 13.1. The fourth-order valence-corrected chi connectivity index (χ4v) is 2.96. The van der Waals surface area contributed by atoms with Crippen LogP contribution in [0, 0.1) is 24.0 Å². The monoisotopic (exact) mass is 350 g/mol. The number of nitro groups is 1. The average molecular weight is 350 g/mol. The maximum atomic E-state index is 12.0. The molecule has 24 heavy (non-hydrogen) atoms. The number of nitrogens with one attached hydrogen (secondary N) is 1. The Morgan fingerprint density at radius 1 is 1.38 bits per heavy atom. The van der Waals surface area contributed by atoms with Gasteiger partial charge in [0.2, 0.25) is 5.91 Å². The summed E-state index contributed by atoms with van der Waals surface area (Å²) in [6, 6.07) is 2.57. The van der Waals surface area contributed by atoms with E-state index >= 15 is 0 Å². The first-order valence-corrected chi connectivity index (χ1v) is 7.56. The van der Waals surface area contributed by atoms with E-state index in [0.29, 0.717) is 10.6 Å². The summed E-state index contributed by atoms with van der Waals surface area (Å²) in [5.74, 6) is -1.27. The van der Waals surface area contributed by atoms with E-state index in [1.165, 1.54) is 36.7 Å². The zero-order chi connectivity index (χ0) is 17.9. The number of esters is 1. The second-order valence-corrected chi connectivity index (χ2v) is 5.96. The van der Waals surface area contributed by atoms with Gasteiger partial charge in [-0.3, -0.25) is 14.9 Å². The Kier molecular flexibility index (Phi) is 5.14. The Bertz CT molecular complexity index is 833. The summed E-state index contributed by atoms with van der Waals surface area (Å²) in [5.41, 5.74) is 1.06. The van der Waals surface area contributed by atoms with Gasteiger partial charge in [0.1, 0.15) is 15.7 Å². The van der Waals surface area contributed by atoms with Crippen LogP contribution < -0.4 is 5.32 Å². The molecule has 2 heterocycles. The second-order valence-electron chi connectivity index (χ2n) is 4.73. The summed E-state index contributed by atoms with van der Waals surface area (Å²) in [7, 11) is 1.27. The van der Waals surface area contributed by atoms with Gasteiger partial charge in [-0.15, -0.1) is 11.3 Å². The number of ether oxygens (including phenoxy) is 1. The largest absolute Gasteiger partial charge is 0.465 e. The first-order valence-electron chi connectivity index (χ1n) is 6.75. The summed E-state index contributed by atoms with van der Waals surface area (Å²) in [6.07, 6.45) is 2.46. The third-order valence-electron chi connectivity index (χ3n) is 3.20. The van der Waals surface area contributed by atoms with E-state index in [1.54, 1.807) is 6.92 Å². The van der Waals surface area contributed by atoms with Gasteiger partial charge < -0.3 is 14.5 Å². The van der Waals surface area contributed by atoms with Crippen molar-refractivity contribution >= 4 is 40.2 Å². The number of hydrogen-bond donors (Lipinski definition) is 1. The number of carbonyl (C=O) groups is 2. The predicted octanol–water partition coefficient (Wildman–Crippen LogP) is 3.30. The minimum atomic E-state index is -0.669. The molecule has 0 aliphatic heterocycles. The van der Waals surface area contributed by atoms with Crippen molar-refractivity contribution in [3.63, 3.8) is 0 Å². The van der Waals surface area contributed by atoms with Crippen LogP contribution in [0.5, 0.6) is 0 Å². The van der Waals surface area contributed by atoms with Gasteiger partial charge in [-0.1, -0.05) is 0 Å². The average Bonchev–Trinajstić information content (AvgIpc) is 3.11. The van der Waals surface area contributed by atoms with Crippen molar-refractivity contribution in [2.45, 2.75) is 13.8 Å². The van der Waals surface area contributed by atoms with Gasteiger partial charge in [0.25, 0.3) is 0 Å². The molecule has 9 heteroatoms. The Morgan fingerprint density at radius 2 is 2.08 bits per heavy atom. The van der Waals surface area contributed by atoms with Crippen LogP contribution in [0.15, 0.2) is 22.6 Å². The molecule has 0 saturated carbocycles. The van der Waals surface area contributed by atoms with E-state index in [-0.39, 0.29) is 5.76 Å². The molecule has 0 fully saturated rings. The molecule has 126 valence electrons. The van der Waals surface area contributed by atoms with Gasteiger partial charge in [0.05, 0.1) is 18.7 Å². The summed E-state index contributed by atoms with van der Waals surface area (Å²) in [5, 5.41) is 13.5.